The zero-order chi connectivity index (χ0) is 15.2. The minimum Gasteiger partial charge on any atom is -0.419 e. The highest BCUT2D eigenvalue weighted by Crippen LogP contribution is 2.39. The van der Waals surface area contributed by atoms with Crippen molar-refractivity contribution in [3.8, 4) is 11.5 Å². The van der Waals surface area contributed by atoms with E-state index in [4.69, 9.17) is 8.92 Å². The molecule has 3 rings (SSSR count). The first-order valence-corrected chi connectivity index (χ1v) is 9.20. The van der Waals surface area contributed by atoms with Gasteiger partial charge in [0, 0.05) is 3.57 Å². The Balaban J connectivity index is 2.28. The van der Waals surface area contributed by atoms with E-state index >= 15 is 0 Å². The number of carbonyl (C=O) groups is 1. The Bertz CT molecular complexity index is 861. The quantitative estimate of drug-likeness (QED) is 0.228. The van der Waals surface area contributed by atoms with E-state index in [0.717, 1.165) is 3.57 Å². The van der Waals surface area contributed by atoms with Gasteiger partial charge >= 0.3 is 16.1 Å². The summed E-state index contributed by atoms with van der Waals surface area (Å²) in [7, 11) is -4.09. The molecule has 5 nitrogen and oxygen atoms in total. The second kappa shape index (κ2) is 5.39. The van der Waals surface area contributed by atoms with E-state index in [2.05, 4.69) is 0 Å². The second-order valence-electron chi connectivity index (χ2n) is 4.14. The molecule has 2 aromatic carbocycles. The number of rotatable bonds is 0. The lowest BCUT2D eigenvalue weighted by atomic mass is 10.2. The van der Waals surface area contributed by atoms with Crippen LogP contribution < -0.4 is 8.92 Å². The summed E-state index contributed by atoms with van der Waals surface area (Å²) in [5.74, 6) is -0.607. The maximum absolute atomic E-state index is 12.4. The summed E-state index contributed by atoms with van der Waals surface area (Å²) >= 11 is 3.99. The molecule has 0 aromatic heterocycles. The second-order valence-corrected chi connectivity index (χ2v) is 8.06. The molecule has 1 aliphatic rings. The minimum atomic E-state index is -4.09. The average Bonchev–Trinajstić information content (AvgIpc) is 2.41. The molecule has 0 N–H and O–H groups in total. The predicted octanol–water partition coefficient (Wildman–Crippen LogP) is 3.20. The molecule has 2 aromatic rings. The summed E-state index contributed by atoms with van der Waals surface area (Å²) in [6, 6.07) is 9.08. The van der Waals surface area contributed by atoms with Gasteiger partial charge in [0.1, 0.15) is 4.90 Å². The van der Waals surface area contributed by atoms with Crippen molar-refractivity contribution in [3.63, 3.8) is 0 Å². The standard InChI is InChI=1S/C13H6I2O5S/c14-7-5-9(15)12-10(6-7)19-13(16)8-3-1-2-4-11(8)21(17,18)20-12/h1-6H. The van der Waals surface area contributed by atoms with Crippen molar-refractivity contribution < 1.29 is 22.1 Å². The van der Waals surface area contributed by atoms with Gasteiger partial charge in [0.25, 0.3) is 0 Å². The van der Waals surface area contributed by atoms with Crippen LogP contribution in [0.1, 0.15) is 10.4 Å². The van der Waals surface area contributed by atoms with Crippen molar-refractivity contribution in [2.45, 2.75) is 4.90 Å². The molecule has 8 heteroatoms. The van der Waals surface area contributed by atoms with Crippen molar-refractivity contribution in [1.29, 1.82) is 0 Å². The molecule has 1 aliphatic heterocycles. The molecule has 1 heterocycles. The van der Waals surface area contributed by atoms with Crippen LogP contribution in [0.2, 0.25) is 0 Å². The smallest absolute Gasteiger partial charge is 0.345 e. The largest absolute Gasteiger partial charge is 0.419 e. The average molecular weight is 528 g/mol. The highest BCUT2D eigenvalue weighted by molar-refractivity contribution is 14.1. The van der Waals surface area contributed by atoms with Gasteiger partial charge in [-0.1, -0.05) is 12.1 Å². The van der Waals surface area contributed by atoms with Gasteiger partial charge in [-0.3, -0.25) is 0 Å². The number of benzene rings is 2. The third-order valence-corrected chi connectivity index (χ3v) is 5.45. The molecule has 108 valence electrons. The van der Waals surface area contributed by atoms with E-state index in [1.165, 1.54) is 18.2 Å². The normalized spacial score (nSPS) is 15.8. The minimum absolute atomic E-state index is 0.0267. The predicted molar refractivity (Wildman–Crippen MR) is 91.1 cm³/mol. The van der Waals surface area contributed by atoms with Gasteiger partial charge in [0.15, 0.2) is 11.5 Å². The summed E-state index contributed by atoms with van der Waals surface area (Å²) in [5, 5.41) is 0. The van der Waals surface area contributed by atoms with Gasteiger partial charge in [-0.25, -0.2) is 4.79 Å². The monoisotopic (exact) mass is 528 g/mol. The number of fused-ring (bicyclic) bond motifs is 2. The Morgan fingerprint density at radius 1 is 1.05 bits per heavy atom. The zero-order valence-corrected chi connectivity index (χ0v) is 15.3. The van der Waals surface area contributed by atoms with Crippen molar-refractivity contribution in [2.75, 3.05) is 0 Å². The molecule has 0 amide bonds. The van der Waals surface area contributed by atoms with Crippen LogP contribution in [-0.4, -0.2) is 14.4 Å². The molecule has 0 saturated carbocycles. The molecule has 0 aliphatic carbocycles. The van der Waals surface area contributed by atoms with Crippen LogP contribution >= 0.6 is 45.2 Å². The Kier molecular flexibility index (Phi) is 3.86. The molecule has 0 bridgehead atoms. The molecular formula is C13H6I2O5S. The Labute approximate surface area is 148 Å². The Morgan fingerprint density at radius 3 is 2.52 bits per heavy atom. The first-order valence-electron chi connectivity index (χ1n) is 5.63. The summed E-state index contributed by atoms with van der Waals surface area (Å²) in [6.45, 7) is 0. The number of esters is 1. The van der Waals surface area contributed by atoms with Crippen LogP contribution in [0.15, 0.2) is 41.3 Å². The highest BCUT2D eigenvalue weighted by atomic mass is 127. The zero-order valence-electron chi connectivity index (χ0n) is 10.2. The lowest BCUT2D eigenvalue weighted by molar-refractivity contribution is 0.0724. The summed E-state index contributed by atoms with van der Waals surface area (Å²) in [4.78, 5) is 12.0. The van der Waals surface area contributed by atoms with Gasteiger partial charge in [0.05, 0.1) is 9.13 Å². The molecule has 0 unspecified atom stereocenters. The summed E-state index contributed by atoms with van der Waals surface area (Å²) in [5.41, 5.74) is -0.0444. The van der Waals surface area contributed by atoms with Crippen LogP contribution in [-0.2, 0) is 10.1 Å². The number of ether oxygens (including phenoxy) is 1. The topological polar surface area (TPSA) is 69.7 Å². The molecule has 0 saturated heterocycles. The molecule has 0 fully saturated rings. The Hall–Kier alpha value is -0.880. The van der Waals surface area contributed by atoms with E-state index < -0.39 is 16.1 Å². The lowest BCUT2D eigenvalue weighted by Gasteiger charge is -2.18. The third-order valence-electron chi connectivity index (χ3n) is 2.75. The molecular weight excluding hydrogens is 522 g/mol. The van der Waals surface area contributed by atoms with Gasteiger partial charge in [-0.05, 0) is 69.4 Å². The van der Waals surface area contributed by atoms with Crippen LogP contribution in [0.25, 0.3) is 0 Å². The van der Waals surface area contributed by atoms with Crippen LogP contribution in [0.5, 0.6) is 11.5 Å². The maximum atomic E-state index is 12.4. The molecule has 0 spiro atoms. The fourth-order valence-electron chi connectivity index (χ4n) is 1.86. The molecule has 0 radical (unpaired) electrons. The van der Waals surface area contributed by atoms with Crippen molar-refractivity contribution >= 4 is 61.3 Å². The first kappa shape index (κ1) is 15.0. The van der Waals surface area contributed by atoms with Gasteiger partial charge in [0.2, 0.25) is 0 Å². The molecule has 21 heavy (non-hydrogen) atoms. The van der Waals surface area contributed by atoms with Crippen LogP contribution in [0, 0.1) is 7.14 Å². The summed E-state index contributed by atoms with van der Waals surface area (Å²) in [6.07, 6.45) is 0. The van der Waals surface area contributed by atoms with Crippen molar-refractivity contribution in [2.24, 2.45) is 0 Å². The number of carbonyl (C=O) groups excluding carboxylic acids is 1. The van der Waals surface area contributed by atoms with E-state index in [9.17, 15) is 13.2 Å². The molecule has 0 atom stereocenters. The maximum Gasteiger partial charge on any atom is 0.345 e. The lowest BCUT2D eigenvalue weighted by Crippen LogP contribution is -2.21. The Morgan fingerprint density at radius 2 is 1.76 bits per heavy atom. The van der Waals surface area contributed by atoms with E-state index in [-0.39, 0.29) is 22.0 Å². The van der Waals surface area contributed by atoms with E-state index in [1.807, 2.05) is 45.2 Å². The fourth-order valence-corrected chi connectivity index (χ4v) is 5.05. The van der Waals surface area contributed by atoms with E-state index in [1.54, 1.807) is 18.2 Å². The number of hydrogen-bond acceptors (Lipinski definition) is 5. The number of halogens is 2. The highest BCUT2D eigenvalue weighted by Gasteiger charge is 2.31. The van der Waals surface area contributed by atoms with Gasteiger partial charge in [-0.15, -0.1) is 0 Å². The summed E-state index contributed by atoms with van der Waals surface area (Å²) < 4.78 is 36.5. The van der Waals surface area contributed by atoms with Gasteiger partial charge in [-0.2, -0.15) is 8.42 Å². The first-order chi connectivity index (χ1) is 9.88. The fraction of sp³-hybridized carbons (Fsp3) is 0. The van der Waals surface area contributed by atoms with Crippen molar-refractivity contribution in [3.05, 3.63) is 49.1 Å². The van der Waals surface area contributed by atoms with Crippen LogP contribution in [0.3, 0.4) is 0 Å². The van der Waals surface area contributed by atoms with Crippen LogP contribution in [0.4, 0.5) is 0 Å². The van der Waals surface area contributed by atoms with Gasteiger partial charge < -0.3 is 8.92 Å². The SMILES string of the molecule is O=C1Oc2cc(I)cc(I)c2OS(=O)(=O)c2ccccc21. The third kappa shape index (κ3) is 2.75. The number of hydrogen-bond donors (Lipinski definition) is 0. The van der Waals surface area contributed by atoms with E-state index in [0.29, 0.717) is 3.57 Å². The van der Waals surface area contributed by atoms with Crippen molar-refractivity contribution in [1.82, 2.24) is 0 Å².